The van der Waals surface area contributed by atoms with Gasteiger partial charge in [-0.2, -0.15) is 0 Å². The number of rotatable bonds is 5. The number of carboxylic acids is 1. The number of nitrogens with two attached hydrogens (primary N) is 1. The minimum Gasteiger partial charge on any atom is -0.480 e. The molecule has 3 N–H and O–H groups in total. The predicted molar refractivity (Wildman–Crippen MR) is 64.7 cm³/mol. The van der Waals surface area contributed by atoms with Crippen LogP contribution < -0.4 is 5.73 Å². The standard InChI is InChI=1S/C11H13NO5S/c1-7(11(14)15)18(16,17)6-8-4-2-3-5-9(8)10(12)13/h2-5,7H,6H2,1H3,(H2,12,13)(H,14,15). The highest BCUT2D eigenvalue weighted by atomic mass is 32.2. The van der Waals surface area contributed by atoms with E-state index in [1.54, 1.807) is 12.1 Å². The molecule has 6 nitrogen and oxygen atoms in total. The first-order chi connectivity index (χ1) is 8.25. The van der Waals surface area contributed by atoms with Gasteiger partial charge in [0.2, 0.25) is 5.91 Å². The zero-order chi connectivity index (χ0) is 13.9. The SMILES string of the molecule is CC(C(=O)O)S(=O)(=O)Cc1ccccc1C(N)=O. The van der Waals surface area contributed by atoms with Gasteiger partial charge in [-0.1, -0.05) is 18.2 Å². The lowest BCUT2D eigenvalue weighted by Gasteiger charge is -2.10. The van der Waals surface area contributed by atoms with E-state index in [1.807, 2.05) is 0 Å². The van der Waals surface area contributed by atoms with E-state index in [0.717, 1.165) is 6.92 Å². The molecule has 1 atom stereocenters. The fraction of sp³-hybridized carbons (Fsp3) is 0.273. The molecule has 0 aromatic heterocycles. The number of hydrogen-bond donors (Lipinski definition) is 2. The Morgan fingerprint density at radius 1 is 1.33 bits per heavy atom. The summed E-state index contributed by atoms with van der Waals surface area (Å²) in [5.41, 5.74) is 5.41. The molecule has 0 radical (unpaired) electrons. The van der Waals surface area contributed by atoms with Gasteiger partial charge in [0.1, 0.15) is 0 Å². The van der Waals surface area contributed by atoms with Crippen LogP contribution in [0.1, 0.15) is 22.8 Å². The van der Waals surface area contributed by atoms with E-state index < -0.39 is 32.7 Å². The zero-order valence-electron chi connectivity index (χ0n) is 9.66. The Balaban J connectivity index is 3.13. The first-order valence-electron chi connectivity index (χ1n) is 5.08. The third-order valence-corrected chi connectivity index (χ3v) is 4.52. The van der Waals surface area contributed by atoms with Crippen LogP contribution in [-0.4, -0.2) is 30.7 Å². The lowest BCUT2D eigenvalue weighted by atomic mass is 10.1. The van der Waals surface area contributed by atoms with Crippen molar-refractivity contribution in [2.24, 2.45) is 5.73 Å². The molecule has 7 heteroatoms. The molecule has 1 rings (SSSR count). The summed E-state index contributed by atoms with van der Waals surface area (Å²) in [7, 11) is -3.88. The second-order valence-corrected chi connectivity index (χ2v) is 6.13. The van der Waals surface area contributed by atoms with Crippen molar-refractivity contribution < 1.29 is 23.1 Å². The molecule has 0 heterocycles. The third-order valence-electron chi connectivity index (χ3n) is 2.53. The fourth-order valence-corrected chi connectivity index (χ4v) is 2.62. The molecule has 0 spiro atoms. The summed E-state index contributed by atoms with van der Waals surface area (Å²) in [6, 6.07) is 5.95. The van der Waals surface area contributed by atoms with Crippen molar-refractivity contribution in [2.75, 3.05) is 0 Å². The van der Waals surface area contributed by atoms with Crippen LogP contribution in [0.3, 0.4) is 0 Å². The summed E-state index contributed by atoms with van der Waals surface area (Å²) in [4.78, 5) is 21.8. The molecular formula is C11H13NO5S. The summed E-state index contributed by atoms with van der Waals surface area (Å²) in [6.45, 7) is 1.09. The number of carboxylic acid groups (broad SMARTS) is 1. The Hall–Kier alpha value is -1.89. The van der Waals surface area contributed by atoms with Gasteiger partial charge in [0.15, 0.2) is 15.1 Å². The van der Waals surface area contributed by atoms with E-state index in [0.29, 0.717) is 0 Å². The van der Waals surface area contributed by atoms with Gasteiger partial charge in [-0.3, -0.25) is 9.59 Å². The second kappa shape index (κ2) is 5.18. The second-order valence-electron chi connectivity index (χ2n) is 3.81. The highest BCUT2D eigenvalue weighted by Gasteiger charge is 2.28. The summed E-state index contributed by atoms with van der Waals surface area (Å²) in [5, 5.41) is 7.17. The summed E-state index contributed by atoms with van der Waals surface area (Å²) in [6.07, 6.45) is 0. The topological polar surface area (TPSA) is 115 Å². The van der Waals surface area contributed by atoms with Gasteiger partial charge < -0.3 is 10.8 Å². The first-order valence-corrected chi connectivity index (χ1v) is 6.79. The average molecular weight is 271 g/mol. The molecule has 1 unspecified atom stereocenters. The van der Waals surface area contributed by atoms with E-state index >= 15 is 0 Å². The van der Waals surface area contributed by atoms with Crippen molar-refractivity contribution in [3.8, 4) is 0 Å². The van der Waals surface area contributed by atoms with Crippen LogP contribution >= 0.6 is 0 Å². The van der Waals surface area contributed by atoms with Gasteiger partial charge in [0.05, 0.1) is 5.75 Å². The van der Waals surface area contributed by atoms with Gasteiger partial charge in [-0.15, -0.1) is 0 Å². The van der Waals surface area contributed by atoms with Crippen molar-refractivity contribution in [1.82, 2.24) is 0 Å². The molecule has 0 aliphatic carbocycles. The van der Waals surface area contributed by atoms with Gasteiger partial charge >= 0.3 is 5.97 Å². The molecule has 0 fully saturated rings. The minimum absolute atomic E-state index is 0.0821. The van der Waals surface area contributed by atoms with Crippen molar-refractivity contribution in [3.05, 3.63) is 35.4 Å². The maximum absolute atomic E-state index is 11.8. The molecule has 0 bridgehead atoms. The lowest BCUT2D eigenvalue weighted by molar-refractivity contribution is -0.136. The van der Waals surface area contributed by atoms with Gasteiger partial charge in [0, 0.05) is 5.56 Å². The number of sulfone groups is 1. The molecule has 0 saturated heterocycles. The first kappa shape index (κ1) is 14.2. The molecule has 0 aliphatic rings. The van der Waals surface area contributed by atoms with Gasteiger partial charge in [0.25, 0.3) is 0 Å². The Morgan fingerprint density at radius 2 is 1.89 bits per heavy atom. The Kier molecular flexibility index (Phi) is 4.07. The molecule has 1 amide bonds. The molecule has 0 saturated carbocycles. The minimum atomic E-state index is -3.88. The molecule has 0 aliphatic heterocycles. The van der Waals surface area contributed by atoms with Crippen molar-refractivity contribution in [1.29, 1.82) is 0 Å². The van der Waals surface area contributed by atoms with E-state index in [9.17, 15) is 18.0 Å². The maximum atomic E-state index is 11.8. The largest absolute Gasteiger partial charge is 0.480 e. The normalized spacial score (nSPS) is 12.9. The van der Waals surface area contributed by atoms with Gasteiger partial charge in [-0.25, -0.2) is 8.42 Å². The number of aliphatic carboxylic acids is 1. The van der Waals surface area contributed by atoms with E-state index in [1.165, 1.54) is 12.1 Å². The Morgan fingerprint density at radius 3 is 2.39 bits per heavy atom. The number of primary amides is 1. The van der Waals surface area contributed by atoms with E-state index in [4.69, 9.17) is 10.8 Å². The highest BCUT2D eigenvalue weighted by molar-refractivity contribution is 7.92. The van der Waals surface area contributed by atoms with Crippen molar-refractivity contribution in [3.63, 3.8) is 0 Å². The van der Waals surface area contributed by atoms with E-state index in [-0.39, 0.29) is 11.1 Å². The predicted octanol–water partition coefficient (Wildman–Crippen LogP) is 0.173. The fourth-order valence-electron chi connectivity index (χ4n) is 1.38. The van der Waals surface area contributed by atoms with Gasteiger partial charge in [-0.05, 0) is 18.6 Å². The van der Waals surface area contributed by atoms with Crippen molar-refractivity contribution in [2.45, 2.75) is 17.9 Å². The number of carbonyl (C=O) groups is 2. The highest BCUT2D eigenvalue weighted by Crippen LogP contribution is 2.15. The van der Waals surface area contributed by atoms with Crippen LogP contribution in [0.15, 0.2) is 24.3 Å². The van der Waals surface area contributed by atoms with Crippen LogP contribution in [0.25, 0.3) is 0 Å². The number of amides is 1. The van der Waals surface area contributed by atoms with Crippen LogP contribution in [0.5, 0.6) is 0 Å². The van der Waals surface area contributed by atoms with Crippen LogP contribution in [-0.2, 0) is 20.4 Å². The monoisotopic (exact) mass is 271 g/mol. The number of carbonyl (C=O) groups excluding carboxylic acids is 1. The van der Waals surface area contributed by atoms with E-state index in [2.05, 4.69) is 0 Å². The van der Waals surface area contributed by atoms with Crippen LogP contribution in [0.4, 0.5) is 0 Å². The van der Waals surface area contributed by atoms with Crippen molar-refractivity contribution >= 4 is 21.7 Å². The molecule has 1 aromatic carbocycles. The smallest absolute Gasteiger partial charge is 0.321 e. The van der Waals surface area contributed by atoms with Crippen LogP contribution in [0, 0.1) is 0 Å². The lowest BCUT2D eigenvalue weighted by Crippen LogP contribution is -2.28. The molecule has 18 heavy (non-hydrogen) atoms. The summed E-state index contributed by atoms with van der Waals surface area (Å²) < 4.78 is 23.6. The molecule has 98 valence electrons. The molecular weight excluding hydrogens is 258 g/mol. The number of benzene rings is 1. The van der Waals surface area contributed by atoms with Crippen LogP contribution in [0.2, 0.25) is 0 Å². The Labute approximate surface area is 104 Å². The molecule has 1 aromatic rings. The third kappa shape index (κ3) is 3.07. The average Bonchev–Trinajstić information content (AvgIpc) is 2.27. The quantitative estimate of drug-likeness (QED) is 0.792. The maximum Gasteiger partial charge on any atom is 0.321 e. The Bertz CT molecular complexity index is 579. The summed E-state index contributed by atoms with van der Waals surface area (Å²) >= 11 is 0. The summed E-state index contributed by atoms with van der Waals surface area (Å²) in [5.74, 6) is -2.70. The number of hydrogen-bond acceptors (Lipinski definition) is 4. The zero-order valence-corrected chi connectivity index (χ0v) is 10.5.